The number of nitriles is 1. The van der Waals surface area contributed by atoms with Gasteiger partial charge in [0.15, 0.2) is 0 Å². The lowest BCUT2D eigenvalue weighted by atomic mass is 10.1. The van der Waals surface area contributed by atoms with Gasteiger partial charge in [-0.15, -0.1) is 11.3 Å². The Morgan fingerprint density at radius 1 is 1.35 bits per heavy atom. The van der Waals surface area contributed by atoms with Crippen molar-refractivity contribution in [2.75, 3.05) is 0 Å². The van der Waals surface area contributed by atoms with E-state index in [4.69, 9.17) is 11.6 Å². The summed E-state index contributed by atoms with van der Waals surface area (Å²) in [5.74, 6) is 0. The van der Waals surface area contributed by atoms with E-state index in [1.54, 1.807) is 0 Å². The third kappa shape index (κ3) is 3.06. The van der Waals surface area contributed by atoms with E-state index in [1.165, 1.54) is 35.6 Å². The van der Waals surface area contributed by atoms with Crippen molar-refractivity contribution in [2.24, 2.45) is 0 Å². The number of thiazole rings is 1. The van der Waals surface area contributed by atoms with Crippen molar-refractivity contribution in [3.8, 4) is 6.07 Å². The number of nitrogens with zero attached hydrogens (tertiary/aromatic N) is 3. The van der Waals surface area contributed by atoms with Gasteiger partial charge in [-0.05, 0) is 24.3 Å². The summed E-state index contributed by atoms with van der Waals surface area (Å²) < 4.78 is 0.966. The minimum atomic E-state index is -0.503. The van der Waals surface area contributed by atoms with Crippen molar-refractivity contribution in [3.05, 3.63) is 68.2 Å². The second kappa shape index (κ2) is 6.16. The van der Waals surface area contributed by atoms with E-state index in [1.807, 2.05) is 24.3 Å². The van der Waals surface area contributed by atoms with E-state index in [9.17, 15) is 15.4 Å². The van der Waals surface area contributed by atoms with Crippen LogP contribution in [0.2, 0.25) is 5.02 Å². The summed E-state index contributed by atoms with van der Waals surface area (Å²) in [7, 11) is 0. The Balaban J connectivity index is 2.10. The number of aromatic nitrogens is 1. The number of nitro benzene ring substituents is 1. The fourth-order valence-electron chi connectivity index (χ4n) is 2.04. The Bertz CT molecular complexity index is 955. The van der Waals surface area contributed by atoms with Crippen molar-refractivity contribution < 1.29 is 4.92 Å². The van der Waals surface area contributed by atoms with Crippen LogP contribution in [0.3, 0.4) is 0 Å². The average molecular weight is 342 g/mol. The Kier molecular flexibility index (Phi) is 4.06. The van der Waals surface area contributed by atoms with Crippen LogP contribution in [0.25, 0.3) is 21.9 Å². The molecule has 0 aliphatic heterocycles. The van der Waals surface area contributed by atoms with Gasteiger partial charge in [0, 0.05) is 22.7 Å². The standard InChI is InChI=1S/C16H8ClN3O2S/c17-13-6-5-12(20(21)22)8-10(13)7-11(9-18)16-19-14-3-1-2-4-15(14)23-16/h1-8H/b11-7-. The molecule has 112 valence electrons. The summed E-state index contributed by atoms with van der Waals surface area (Å²) >= 11 is 7.46. The van der Waals surface area contributed by atoms with Crippen molar-refractivity contribution in [1.29, 1.82) is 5.26 Å². The second-order valence-electron chi connectivity index (χ2n) is 4.62. The zero-order chi connectivity index (χ0) is 16.4. The highest BCUT2D eigenvalue weighted by atomic mass is 35.5. The minimum absolute atomic E-state index is 0.0813. The van der Waals surface area contributed by atoms with E-state index in [2.05, 4.69) is 11.1 Å². The molecule has 1 aromatic heterocycles. The van der Waals surface area contributed by atoms with Crippen LogP contribution in [-0.4, -0.2) is 9.91 Å². The average Bonchev–Trinajstić information content (AvgIpc) is 2.97. The molecule has 3 aromatic rings. The summed E-state index contributed by atoms with van der Waals surface area (Å²) in [5.41, 5.74) is 1.45. The maximum absolute atomic E-state index is 10.9. The number of allylic oxidation sites excluding steroid dienone is 1. The number of hydrogen-bond donors (Lipinski definition) is 0. The first-order valence-electron chi connectivity index (χ1n) is 6.50. The molecule has 7 heteroatoms. The van der Waals surface area contributed by atoms with E-state index < -0.39 is 4.92 Å². The first-order valence-corrected chi connectivity index (χ1v) is 7.69. The van der Waals surface area contributed by atoms with E-state index >= 15 is 0 Å². The quantitative estimate of drug-likeness (QED) is 0.384. The van der Waals surface area contributed by atoms with Gasteiger partial charge < -0.3 is 0 Å². The number of rotatable bonds is 3. The van der Waals surface area contributed by atoms with Gasteiger partial charge >= 0.3 is 0 Å². The molecule has 0 N–H and O–H groups in total. The summed E-state index contributed by atoms with van der Waals surface area (Å²) in [5, 5.41) is 21.2. The molecule has 2 aromatic carbocycles. The van der Waals surface area contributed by atoms with Gasteiger partial charge in [-0.3, -0.25) is 10.1 Å². The SMILES string of the molecule is N#C/C(=C/c1cc([N+](=O)[O-])ccc1Cl)c1nc2ccccc2s1. The van der Waals surface area contributed by atoms with Crippen LogP contribution in [0.5, 0.6) is 0 Å². The lowest BCUT2D eigenvalue weighted by molar-refractivity contribution is -0.384. The summed E-state index contributed by atoms with van der Waals surface area (Å²) in [4.78, 5) is 14.8. The Morgan fingerprint density at radius 2 is 2.13 bits per heavy atom. The molecule has 0 fully saturated rings. The van der Waals surface area contributed by atoms with Crippen molar-refractivity contribution in [3.63, 3.8) is 0 Å². The number of nitro groups is 1. The Labute approximate surface area is 140 Å². The highest BCUT2D eigenvalue weighted by molar-refractivity contribution is 7.19. The minimum Gasteiger partial charge on any atom is -0.258 e. The van der Waals surface area contributed by atoms with Crippen molar-refractivity contribution in [1.82, 2.24) is 4.98 Å². The predicted octanol–water partition coefficient (Wildman–Crippen LogP) is 4.92. The molecule has 0 saturated carbocycles. The third-order valence-electron chi connectivity index (χ3n) is 3.13. The van der Waals surface area contributed by atoms with Gasteiger partial charge in [0.05, 0.1) is 20.7 Å². The molecule has 0 aliphatic rings. The molecular weight excluding hydrogens is 334 g/mol. The van der Waals surface area contributed by atoms with Crippen LogP contribution in [0.15, 0.2) is 42.5 Å². The second-order valence-corrected chi connectivity index (χ2v) is 6.06. The topological polar surface area (TPSA) is 79.8 Å². The maximum Gasteiger partial charge on any atom is 0.270 e. The van der Waals surface area contributed by atoms with Crippen LogP contribution in [-0.2, 0) is 0 Å². The summed E-state index contributed by atoms with van der Waals surface area (Å²) in [6.07, 6.45) is 1.52. The molecule has 23 heavy (non-hydrogen) atoms. The molecule has 1 heterocycles. The normalized spacial score (nSPS) is 11.4. The zero-order valence-corrected chi connectivity index (χ0v) is 13.1. The first-order chi connectivity index (χ1) is 11.1. The van der Waals surface area contributed by atoms with Crippen LogP contribution < -0.4 is 0 Å². The van der Waals surface area contributed by atoms with E-state index in [0.717, 1.165) is 10.2 Å². The smallest absolute Gasteiger partial charge is 0.258 e. The van der Waals surface area contributed by atoms with Crippen LogP contribution >= 0.6 is 22.9 Å². The number of non-ortho nitro benzene ring substituents is 1. The number of benzene rings is 2. The monoisotopic (exact) mass is 341 g/mol. The number of para-hydroxylation sites is 1. The third-order valence-corrected chi connectivity index (χ3v) is 4.55. The molecule has 0 amide bonds. The van der Waals surface area contributed by atoms with Crippen molar-refractivity contribution in [2.45, 2.75) is 0 Å². The molecule has 0 bridgehead atoms. The van der Waals surface area contributed by atoms with Crippen molar-refractivity contribution >= 4 is 50.5 Å². The highest BCUT2D eigenvalue weighted by Crippen LogP contribution is 2.30. The van der Waals surface area contributed by atoms with Gasteiger partial charge in [0.25, 0.3) is 5.69 Å². The van der Waals surface area contributed by atoms with Gasteiger partial charge in [0.1, 0.15) is 11.1 Å². The number of halogens is 1. The molecule has 0 saturated heterocycles. The molecule has 0 unspecified atom stereocenters. The molecule has 3 rings (SSSR count). The zero-order valence-electron chi connectivity index (χ0n) is 11.6. The maximum atomic E-state index is 10.9. The van der Waals surface area contributed by atoms with Gasteiger partial charge in [-0.25, -0.2) is 4.98 Å². The number of hydrogen-bond acceptors (Lipinski definition) is 5. The van der Waals surface area contributed by atoms with E-state index in [-0.39, 0.29) is 5.69 Å². The van der Waals surface area contributed by atoms with Gasteiger partial charge in [-0.2, -0.15) is 5.26 Å². The van der Waals surface area contributed by atoms with Gasteiger partial charge in [0.2, 0.25) is 0 Å². The van der Waals surface area contributed by atoms with Crippen LogP contribution in [0.1, 0.15) is 10.6 Å². The molecule has 0 atom stereocenters. The van der Waals surface area contributed by atoms with E-state index in [0.29, 0.717) is 21.2 Å². The fraction of sp³-hybridized carbons (Fsp3) is 0. The predicted molar refractivity (Wildman–Crippen MR) is 91.2 cm³/mol. The van der Waals surface area contributed by atoms with Crippen LogP contribution in [0.4, 0.5) is 5.69 Å². The number of fused-ring (bicyclic) bond motifs is 1. The highest BCUT2D eigenvalue weighted by Gasteiger charge is 2.12. The van der Waals surface area contributed by atoms with Gasteiger partial charge in [-0.1, -0.05) is 23.7 Å². The molecule has 0 radical (unpaired) electrons. The fourth-order valence-corrected chi connectivity index (χ4v) is 3.14. The first kappa shape index (κ1) is 15.2. The summed E-state index contributed by atoms with van der Waals surface area (Å²) in [6.45, 7) is 0. The molecule has 5 nitrogen and oxygen atoms in total. The molecule has 0 spiro atoms. The summed E-state index contributed by atoms with van der Waals surface area (Å²) in [6, 6.07) is 13.8. The molecule has 0 aliphatic carbocycles. The Hall–Kier alpha value is -2.75. The molecular formula is C16H8ClN3O2S. The Morgan fingerprint density at radius 3 is 2.83 bits per heavy atom. The lowest BCUT2D eigenvalue weighted by Crippen LogP contribution is -1.89. The largest absolute Gasteiger partial charge is 0.270 e. The van der Waals surface area contributed by atoms with Crippen LogP contribution in [0, 0.1) is 21.4 Å². The lowest BCUT2D eigenvalue weighted by Gasteiger charge is -1.99.